The fraction of sp³-hybridized carbons (Fsp3) is 0.235. The third-order valence-corrected chi connectivity index (χ3v) is 8.79. The Morgan fingerprint density at radius 1 is 1.07 bits per heavy atom. The number of nitrogens with zero attached hydrogens (tertiary/aromatic N) is 2. The minimum Gasteiger partial charge on any atom is -0.496 e. The number of rotatable bonds is 11. The lowest BCUT2D eigenvalue weighted by Gasteiger charge is -2.26. The van der Waals surface area contributed by atoms with Crippen LogP contribution in [0.5, 0.6) is 11.5 Å². The molecule has 1 aromatic heterocycles. The maximum absolute atomic E-state index is 14.2. The lowest BCUT2D eigenvalue weighted by molar-refractivity contribution is -0.139. The number of para-hydroxylation sites is 1. The number of thiazole rings is 1. The minimum absolute atomic E-state index is 0.186. The smallest absolute Gasteiger partial charge is 0.338 e. The summed E-state index contributed by atoms with van der Waals surface area (Å²) in [6.07, 6.45) is 3.05. The van der Waals surface area contributed by atoms with Gasteiger partial charge in [0.25, 0.3) is 5.56 Å². The molecule has 2 heterocycles. The van der Waals surface area contributed by atoms with Crippen molar-refractivity contribution in [2.45, 2.75) is 39.3 Å². The van der Waals surface area contributed by atoms with Crippen molar-refractivity contribution in [3.63, 3.8) is 0 Å². The summed E-state index contributed by atoms with van der Waals surface area (Å²) in [5.41, 5.74) is 3.03. The van der Waals surface area contributed by atoms with E-state index in [1.54, 1.807) is 42.9 Å². The van der Waals surface area contributed by atoms with Crippen LogP contribution in [0, 0.1) is 0 Å². The Labute approximate surface area is 271 Å². The Kier molecular flexibility index (Phi) is 9.99. The van der Waals surface area contributed by atoms with Gasteiger partial charge in [-0.2, -0.15) is 0 Å². The molecular weight excluding hydrogens is 660 g/mol. The fourth-order valence-corrected chi connectivity index (χ4v) is 6.64. The molecule has 0 saturated heterocycles. The van der Waals surface area contributed by atoms with Gasteiger partial charge in [0, 0.05) is 5.56 Å². The largest absolute Gasteiger partial charge is 0.496 e. The van der Waals surface area contributed by atoms with E-state index in [9.17, 15) is 14.4 Å². The number of esters is 1. The number of halogens is 1. The second kappa shape index (κ2) is 14.1. The van der Waals surface area contributed by atoms with E-state index >= 15 is 0 Å². The molecule has 1 atom stereocenters. The van der Waals surface area contributed by atoms with E-state index in [0.717, 1.165) is 12.0 Å². The Hall–Kier alpha value is -4.48. The molecule has 0 amide bonds. The average molecular weight is 692 g/mol. The normalized spacial score (nSPS) is 14.5. The summed E-state index contributed by atoms with van der Waals surface area (Å²) in [5, 5.41) is 9.16. The topological polar surface area (TPSA) is 116 Å². The molecule has 9 nitrogen and oxygen atoms in total. The first kappa shape index (κ1) is 31.9. The van der Waals surface area contributed by atoms with Crippen LogP contribution in [0.2, 0.25) is 0 Å². The molecule has 45 heavy (non-hydrogen) atoms. The number of carbonyl (C=O) groups is 2. The van der Waals surface area contributed by atoms with Gasteiger partial charge in [0.2, 0.25) is 0 Å². The van der Waals surface area contributed by atoms with Crippen LogP contribution in [0.15, 0.2) is 92.3 Å². The summed E-state index contributed by atoms with van der Waals surface area (Å²) in [6.45, 7) is 4.15. The summed E-state index contributed by atoms with van der Waals surface area (Å²) < 4.78 is 19.7. The molecule has 1 aliphatic heterocycles. The summed E-state index contributed by atoms with van der Waals surface area (Å²) in [5.74, 6) is -0.324. The van der Waals surface area contributed by atoms with E-state index in [-0.39, 0.29) is 24.3 Å². The number of fused-ring (bicyclic) bond motifs is 1. The number of hydrogen-bond donors (Lipinski definition) is 1. The first-order valence-corrected chi connectivity index (χ1v) is 16.0. The summed E-state index contributed by atoms with van der Waals surface area (Å²) in [4.78, 5) is 44.1. The molecule has 11 heteroatoms. The predicted octanol–water partition coefficient (Wildman–Crippen LogP) is 5.63. The zero-order valence-corrected chi connectivity index (χ0v) is 27.3. The highest BCUT2D eigenvalue weighted by Gasteiger charge is 2.34. The molecule has 232 valence electrons. The first-order chi connectivity index (χ1) is 21.7. The molecule has 0 unspecified atom stereocenters. The SMILES string of the molecule is CCCC1=C(C(=O)OCC)[C@H](c2ccc(OC)c(Br)c2)n2c(s/c(=C\c3ccccc3OCc3ccc(C(=O)O)cc3)c2=O)=N1. The first-order valence-electron chi connectivity index (χ1n) is 14.3. The molecule has 5 rings (SSSR count). The number of allylic oxidation sites excluding steroid dienone is 1. The standard InChI is InChI=1S/C34H31BrN2O7S/c1-4-8-25-29(33(41)43-5-2)30(23-15-16-27(42-3)24(35)17-23)37-31(38)28(45-34(37)36-25)18-22-9-6-7-10-26(22)44-19-20-11-13-21(14-12-20)32(39)40/h6-7,9-18,30H,4-5,8,19H2,1-3H3,(H,39,40)/b28-18-/t30-/m0/s1. The molecule has 4 aromatic rings. The predicted molar refractivity (Wildman–Crippen MR) is 175 cm³/mol. The van der Waals surface area contributed by atoms with Gasteiger partial charge in [-0.1, -0.05) is 61.1 Å². The van der Waals surface area contributed by atoms with Crippen molar-refractivity contribution in [3.8, 4) is 11.5 Å². The van der Waals surface area contributed by atoms with Gasteiger partial charge in [-0.3, -0.25) is 9.36 Å². The quantitative estimate of drug-likeness (QED) is 0.203. The van der Waals surface area contributed by atoms with Gasteiger partial charge in [-0.15, -0.1) is 0 Å². The van der Waals surface area contributed by atoms with Gasteiger partial charge in [0.05, 0.1) is 45.6 Å². The Balaban J connectivity index is 1.61. The van der Waals surface area contributed by atoms with Crippen LogP contribution < -0.4 is 24.4 Å². The van der Waals surface area contributed by atoms with Crippen LogP contribution in [-0.2, 0) is 16.1 Å². The van der Waals surface area contributed by atoms with Gasteiger partial charge < -0.3 is 19.3 Å². The highest BCUT2D eigenvalue weighted by atomic mass is 79.9. The number of benzene rings is 3. The van der Waals surface area contributed by atoms with E-state index < -0.39 is 18.0 Å². The van der Waals surface area contributed by atoms with Crippen LogP contribution in [-0.4, -0.2) is 35.3 Å². The Morgan fingerprint density at radius 2 is 1.82 bits per heavy atom. The molecular formula is C34H31BrN2O7S. The molecule has 0 saturated carbocycles. The highest BCUT2D eigenvalue weighted by molar-refractivity contribution is 9.10. The van der Waals surface area contributed by atoms with Crippen molar-refractivity contribution in [1.82, 2.24) is 4.57 Å². The number of aromatic carboxylic acids is 1. The molecule has 0 spiro atoms. The van der Waals surface area contributed by atoms with Crippen LogP contribution in [0.25, 0.3) is 6.08 Å². The molecule has 0 bridgehead atoms. The Morgan fingerprint density at radius 3 is 2.49 bits per heavy atom. The fourth-order valence-electron chi connectivity index (χ4n) is 5.07. The Bertz CT molecular complexity index is 1960. The summed E-state index contributed by atoms with van der Waals surface area (Å²) in [7, 11) is 1.57. The number of methoxy groups -OCH3 is 1. The van der Waals surface area contributed by atoms with Crippen molar-refractivity contribution >= 4 is 45.3 Å². The monoisotopic (exact) mass is 690 g/mol. The van der Waals surface area contributed by atoms with Crippen LogP contribution in [0.1, 0.15) is 59.8 Å². The average Bonchev–Trinajstić information content (AvgIpc) is 3.34. The third kappa shape index (κ3) is 6.79. The zero-order chi connectivity index (χ0) is 32.1. The summed E-state index contributed by atoms with van der Waals surface area (Å²) >= 11 is 4.80. The molecule has 0 radical (unpaired) electrons. The van der Waals surface area contributed by atoms with Crippen LogP contribution in [0.4, 0.5) is 0 Å². The van der Waals surface area contributed by atoms with E-state index in [0.29, 0.717) is 54.1 Å². The zero-order valence-electron chi connectivity index (χ0n) is 24.9. The summed E-state index contributed by atoms with van der Waals surface area (Å²) in [6, 6.07) is 18.5. The third-order valence-electron chi connectivity index (χ3n) is 7.18. The van der Waals surface area contributed by atoms with Gasteiger partial charge >= 0.3 is 11.9 Å². The lowest BCUT2D eigenvalue weighted by atomic mass is 9.94. The van der Waals surface area contributed by atoms with Gasteiger partial charge in [-0.05, 0) is 76.8 Å². The van der Waals surface area contributed by atoms with Crippen LogP contribution in [0.3, 0.4) is 0 Å². The van der Waals surface area contributed by atoms with Crippen molar-refractivity contribution in [2.75, 3.05) is 13.7 Å². The van der Waals surface area contributed by atoms with Gasteiger partial charge in [0.1, 0.15) is 18.1 Å². The maximum atomic E-state index is 14.2. The number of carboxylic acids is 1. The molecule has 1 aliphatic rings. The number of ether oxygens (including phenoxy) is 3. The molecule has 0 fully saturated rings. The highest BCUT2D eigenvalue weighted by Crippen LogP contribution is 2.36. The second-order valence-electron chi connectivity index (χ2n) is 10.1. The van der Waals surface area contributed by atoms with Crippen LogP contribution >= 0.6 is 27.3 Å². The van der Waals surface area contributed by atoms with E-state index in [1.807, 2.05) is 43.3 Å². The molecule has 3 aromatic carbocycles. The van der Waals surface area contributed by atoms with Crippen molar-refractivity contribution in [2.24, 2.45) is 4.99 Å². The number of carboxylic acid groups (broad SMARTS) is 1. The molecule has 1 N–H and O–H groups in total. The molecule has 0 aliphatic carbocycles. The van der Waals surface area contributed by atoms with E-state index in [4.69, 9.17) is 24.3 Å². The van der Waals surface area contributed by atoms with Gasteiger partial charge in [-0.25, -0.2) is 14.6 Å². The maximum Gasteiger partial charge on any atom is 0.338 e. The van der Waals surface area contributed by atoms with Crippen molar-refractivity contribution in [3.05, 3.63) is 124 Å². The second-order valence-corrected chi connectivity index (χ2v) is 12.0. The lowest BCUT2D eigenvalue weighted by Crippen LogP contribution is -2.40. The van der Waals surface area contributed by atoms with Crippen molar-refractivity contribution in [1.29, 1.82) is 0 Å². The van der Waals surface area contributed by atoms with E-state index in [2.05, 4.69) is 15.9 Å². The minimum atomic E-state index is -0.993. The number of aromatic nitrogens is 1. The number of carbonyl (C=O) groups excluding carboxylic acids is 1. The van der Waals surface area contributed by atoms with Gasteiger partial charge in [0.15, 0.2) is 4.80 Å². The van der Waals surface area contributed by atoms with E-state index in [1.165, 1.54) is 23.5 Å². The van der Waals surface area contributed by atoms with Crippen molar-refractivity contribution < 1.29 is 28.9 Å². The number of hydrogen-bond acceptors (Lipinski definition) is 8.